The van der Waals surface area contributed by atoms with Crippen LogP contribution in [0, 0.1) is 23.0 Å². The van der Waals surface area contributed by atoms with Gasteiger partial charge in [0.05, 0.1) is 15.9 Å². The standard InChI is InChI=1S/C26H27N3O4S/c1-18-15-22(29(30)31)17-23(16-18)34(32,33)28-13-10-20(11-14-28)25-24-7-3-2-5-19(24)8-9-21-6-4-12-27-26(21)25/h2-7,12,15-17,21,26H,8-11,13-14H2,1H3. The molecule has 0 N–H and O–H groups in total. The van der Waals surface area contributed by atoms with E-state index in [1.54, 1.807) is 6.92 Å². The number of nitro benzene ring substituents is 1. The molecular formula is C26H27N3O4S. The molecule has 0 aromatic heterocycles. The summed E-state index contributed by atoms with van der Waals surface area (Å²) in [5.41, 5.74) is 5.42. The topological polar surface area (TPSA) is 92.9 Å². The van der Waals surface area contributed by atoms with E-state index in [1.807, 2.05) is 12.3 Å². The van der Waals surface area contributed by atoms with Crippen molar-refractivity contribution in [1.29, 1.82) is 0 Å². The lowest BCUT2D eigenvalue weighted by atomic mass is 9.83. The second-order valence-corrected chi connectivity index (χ2v) is 11.1. The number of piperidine rings is 1. The maximum absolute atomic E-state index is 13.3. The molecule has 2 aliphatic heterocycles. The summed E-state index contributed by atoms with van der Waals surface area (Å²) in [5.74, 6) is 0.342. The summed E-state index contributed by atoms with van der Waals surface area (Å²) in [6, 6.07) is 12.6. The predicted molar refractivity (Wildman–Crippen MR) is 132 cm³/mol. The zero-order valence-electron chi connectivity index (χ0n) is 19.1. The Morgan fingerprint density at radius 2 is 1.85 bits per heavy atom. The average Bonchev–Trinajstić information content (AvgIpc) is 3.00. The van der Waals surface area contributed by atoms with Gasteiger partial charge in [0.25, 0.3) is 5.69 Å². The van der Waals surface area contributed by atoms with Gasteiger partial charge in [0, 0.05) is 37.4 Å². The van der Waals surface area contributed by atoms with E-state index in [9.17, 15) is 18.5 Å². The second kappa shape index (κ2) is 8.92. The zero-order valence-corrected chi connectivity index (χ0v) is 19.9. The lowest BCUT2D eigenvalue weighted by molar-refractivity contribution is -0.385. The number of hydrogen-bond donors (Lipinski definition) is 0. The number of dihydropyridines is 1. The first-order chi connectivity index (χ1) is 16.3. The van der Waals surface area contributed by atoms with E-state index in [0.29, 0.717) is 37.4 Å². The highest BCUT2D eigenvalue weighted by Gasteiger charge is 2.34. The Balaban J connectivity index is 1.47. The van der Waals surface area contributed by atoms with E-state index in [2.05, 4.69) is 30.3 Å². The van der Waals surface area contributed by atoms with E-state index in [1.165, 1.54) is 38.7 Å². The summed E-state index contributed by atoms with van der Waals surface area (Å²) >= 11 is 0. The van der Waals surface area contributed by atoms with Gasteiger partial charge in [-0.1, -0.05) is 35.9 Å². The molecule has 0 bridgehead atoms. The van der Waals surface area contributed by atoms with E-state index < -0.39 is 14.9 Å². The first-order valence-corrected chi connectivity index (χ1v) is 13.0. The molecule has 0 saturated carbocycles. The summed E-state index contributed by atoms with van der Waals surface area (Å²) in [6.07, 6.45) is 9.43. The summed E-state index contributed by atoms with van der Waals surface area (Å²) in [6.45, 7) is 2.37. The van der Waals surface area contributed by atoms with Crippen LogP contribution >= 0.6 is 0 Å². The maximum atomic E-state index is 13.3. The van der Waals surface area contributed by atoms with Crippen LogP contribution in [0.25, 0.3) is 5.57 Å². The number of allylic oxidation sites excluding steroid dienone is 1. The van der Waals surface area contributed by atoms with Gasteiger partial charge in [0.1, 0.15) is 0 Å². The largest absolute Gasteiger partial charge is 0.284 e. The van der Waals surface area contributed by atoms with Crippen molar-refractivity contribution >= 4 is 27.5 Å². The number of aliphatic imine (C=N–C) groups is 1. The molecule has 176 valence electrons. The molecule has 1 fully saturated rings. The molecule has 0 amide bonds. The molecule has 34 heavy (non-hydrogen) atoms. The van der Waals surface area contributed by atoms with E-state index in [0.717, 1.165) is 18.9 Å². The van der Waals surface area contributed by atoms with Crippen LogP contribution < -0.4 is 0 Å². The highest BCUT2D eigenvalue weighted by atomic mass is 32.2. The van der Waals surface area contributed by atoms with Crippen LogP contribution in [-0.4, -0.2) is 43.0 Å². The lowest BCUT2D eigenvalue weighted by Gasteiger charge is -2.32. The fourth-order valence-corrected chi connectivity index (χ4v) is 6.94. The third-order valence-corrected chi connectivity index (χ3v) is 8.91. The second-order valence-electron chi connectivity index (χ2n) is 9.17. The van der Waals surface area contributed by atoms with Gasteiger partial charge in [-0.25, -0.2) is 8.42 Å². The van der Waals surface area contributed by atoms with Gasteiger partial charge in [0.15, 0.2) is 0 Å². The number of aryl methyl sites for hydroxylation is 2. The molecule has 1 saturated heterocycles. The van der Waals surface area contributed by atoms with Gasteiger partial charge in [-0.2, -0.15) is 4.31 Å². The van der Waals surface area contributed by atoms with Crippen molar-refractivity contribution < 1.29 is 13.3 Å². The molecule has 2 unspecified atom stereocenters. The van der Waals surface area contributed by atoms with Crippen LogP contribution in [0.2, 0.25) is 0 Å². The average molecular weight is 478 g/mol. The summed E-state index contributed by atoms with van der Waals surface area (Å²) in [5, 5.41) is 11.2. The molecule has 7 nitrogen and oxygen atoms in total. The number of nitro groups is 1. The summed E-state index contributed by atoms with van der Waals surface area (Å²) in [7, 11) is -3.82. The number of rotatable bonds is 3. The number of nitrogens with zero attached hydrogens (tertiary/aromatic N) is 3. The van der Waals surface area contributed by atoms with Gasteiger partial charge >= 0.3 is 0 Å². The van der Waals surface area contributed by atoms with Crippen LogP contribution in [0.5, 0.6) is 0 Å². The van der Waals surface area contributed by atoms with Crippen molar-refractivity contribution in [3.8, 4) is 0 Å². The molecule has 2 heterocycles. The first kappa shape index (κ1) is 22.7. The van der Waals surface area contributed by atoms with Gasteiger partial charge in [-0.15, -0.1) is 0 Å². The summed E-state index contributed by atoms with van der Waals surface area (Å²) in [4.78, 5) is 15.5. The van der Waals surface area contributed by atoms with E-state index in [4.69, 9.17) is 4.99 Å². The molecule has 2 aromatic rings. The highest BCUT2D eigenvalue weighted by Crippen LogP contribution is 2.41. The molecule has 1 aliphatic carbocycles. The maximum Gasteiger partial charge on any atom is 0.271 e. The van der Waals surface area contributed by atoms with Gasteiger partial charge in [-0.3, -0.25) is 15.1 Å². The monoisotopic (exact) mass is 477 g/mol. The molecule has 0 spiro atoms. The van der Waals surface area contributed by atoms with Gasteiger partial charge in [0.2, 0.25) is 10.0 Å². The third kappa shape index (κ3) is 4.12. The predicted octanol–water partition coefficient (Wildman–Crippen LogP) is 4.71. The van der Waals surface area contributed by atoms with Crippen molar-refractivity contribution in [2.24, 2.45) is 10.9 Å². The SMILES string of the molecule is Cc1cc([N+](=O)[O-])cc(S(=O)(=O)N2CCC(=C3c4ccccc4CCC4C=CC=NC34)CC2)c1. The zero-order chi connectivity index (χ0) is 23.9. The Bertz CT molecular complexity index is 1330. The number of non-ortho nitro benzene ring substituents is 1. The minimum Gasteiger partial charge on any atom is -0.284 e. The minimum atomic E-state index is -3.82. The smallest absolute Gasteiger partial charge is 0.271 e. The van der Waals surface area contributed by atoms with Crippen molar-refractivity contribution in [2.75, 3.05) is 13.1 Å². The first-order valence-electron chi connectivity index (χ1n) is 11.6. The van der Waals surface area contributed by atoms with Crippen molar-refractivity contribution in [1.82, 2.24) is 4.31 Å². The number of hydrogen-bond acceptors (Lipinski definition) is 5. The van der Waals surface area contributed by atoms with Crippen molar-refractivity contribution in [2.45, 2.75) is 43.5 Å². The Labute approximate surface area is 199 Å². The van der Waals surface area contributed by atoms with Crippen molar-refractivity contribution in [3.63, 3.8) is 0 Å². The lowest BCUT2D eigenvalue weighted by Crippen LogP contribution is -2.37. The number of sulfonamides is 1. The Morgan fingerprint density at radius 3 is 2.62 bits per heavy atom. The van der Waals surface area contributed by atoms with Crippen LogP contribution in [0.15, 0.2) is 70.1 Å². The van der Waals surface area contributed by atoms with Gasteiger partial charge < -0.3 is 0 Å². The molecule has 2 aromatic carbocycles. The highest BCUT2D eigenvalue weighted by molar-refractivity contribution is 7.89. The van der Waals surface area contributed by atoms with E-state index in [-0.39, 0.29) is 16.6 Å². The Morgan fingerprint density at radius 1 is 1.09 bits per heavy atom. The normalized spacial score (nSPS) is 22.7. The number of benzene rings is 2. The Hall–Kier alpha value is -3.10. The van der Waals surface area contributed by atoms with Crippen LogP contribution in [0.1, 0.15) is 36.0 Å². The van der Waals surface area contributed by atoms with Gasteiger partial charge in [-0.05, 0) is 67.0 Å². The van der Waals surface area contributed by atoms with Crippen LogP contribution in [0.4, 0.5) is 5.69 Å². The molecule has 8 heteroatoms. The quantitative estimate of drug-likeness (QED) is 0.473. The summed E-state index contributed by atoms with van der Waals surface area (Å²) < 4.78 is 28.1. The molecule has 3 aliphatic rings. The number of fused-ring (bicyclic) bond motifs is 2. The fourth-order valence-electron chi connectivity index (χ4n) is 5.37. The minimum absolute atomic E-state index is 0.0165. The van der Waals surface area contributed by atoms with E-state index >= 15 is 0 Å². The fraction of sp³-hybridized carbons (Fsp3) is 0.346. The molecule has 5 rings (SSSR count). The molecule has 2 atom stereocenters. The molecular weight excluding hydrogens is 450 g/mol. The van der Waals surface area contributed by atoms with Crippen molar-refractivity contribution in [3.05, 3.63) is 87.0 Å². The Kier molecular flexibility index (Phi) is 5.95. The van der Waals surface area contributed by atoms with Crippen LogP contribution in [0.3, 0.4) is 0 Å². The van der Waals surface area contributed by atoms with Crippen LogP contribution in [-0.2, 0) is 16.4 Å². The molecule has 0 radical (unpaired) electrons. The third-order valence-electron chi connectivity index (χ3n) is 7.04.